The number of nitrogens with zero attached hydrogens (tertiary/aromatic N) is 1. The van der Waals surface area contributed by atoms with E-state index >= 15 is 0 Å². The Kier molecular flexibility index (Phi) is 2.53. The smallest absolute Gasteiger partial charge is 0.323 e. The number of carbonyl (C=O) groups excluding carboxylic acids is 1. The minimum absolute atomic E-state index is 0.120. The minimum atomic E-state index is -1.07. The summed E-state index contributed by atoms with van der Waals surface area (Å²) < 4.78 is 10.6. The van der Waals surface area contributed by atoms with E-state index < -0.39 is 18.1 Å². The van der Waals surface area contributed by atoms with Gasteiger partial charge in [-0.25, -0.2) is 0 Å². The lowest BCUT2D eigenvalue weighted by Crippen LogP contribution is -2.55. The summed E-state index contributed by atoms with van der Waals surface area (Å²) in [4.78, 5) is 24.6. The van der Waals surface area contributed by atoms with Gasteiger partial charge in [-0.15, -0.1) is 0 Å². The molecule has 0 aliphatic carbocycles. The molecule has 0 radical (unpaired) electrons. The summed E-state index contributed by atoms with van der Waals surface area (Å²) in [6.07, 6.45) is 0. The van der Waals surface area contributed by atoms with Gasteiger partial charge in [0, 0.05) is 12.1 Å². The molecular formula is C13H14N2O5. The Morgan fingerprint density at radius 1 is 1.40 bits per heavy atom. The number of carbonyl (C=O) groups is 2. The van der Waals surface area contributed by atoms with Gasteiger partial charge in [0.05, 0.1) is 11.4 Å². The Hall–Kier alpha value is -2.44. The molecule has 0 saturated carbocycles. The van der Waals surface area contributed by atoms with E-state index in [1.165, 1.54) is 4.90 Å². The summed E-state index contributed by atoms with van der Waals surface area (Å²) in [5.41, 5.74) is 0.261. The minimum Gasteiger partial charge on any atom is -0.480 e. The van der Waals surface area contributed by atoms with E-state index in [-0.39, 0.29) is 12.7 Å². The normalized spacial score (nSPS) is 18.5. The highest BCUT2D eigenvalue weighted by Crippen LogP contribution is 2.44. The Balaban J connectivity index is 2.11. The second-order valence-electron chi connectivity index (χ2n) is 5.26. The van der Waals surface area contributed by atoms with Crippen LogP contribution in [0.2, 0.25) is 0 Å². The van der Waals surface area contributed by atoms with Crippen molar-refractivity contribution in [3.63, 3.8) is 0 Å². The Bertz CT molecular complexity index is 611. The number of fused-ring (bicyclic) bond motifs is 2. The second-order valence-corrected chi connectivity index (χ2v) is 5.26. The molecule has 0 saturated heterocycles. The molecule has 7 heteroatoms. The van der Waals surface area contributed by atoms with Crippen LogP contribution in [-0.2, 0) is 9.59 Å². The number of hydrogen-bond acceptors (Lipinski definition) is 5. The molecule has 7 nitrogen and oxygen atoms in total. The highest BCUT2D eigenvalue weighted by molar-refractivity contribution is 6.09. The van der Waals surface area contributed by atoms with E-state index in [1.54, 1.807) is 26.0 Å². The first-order chi connectivity index (χ1) is 9.38. The van der Waals surface area contributed by atoms with Crippen LogP contribution in [0, 0.1) is 0 Å². The Morgan fingerprint density at radius 3 is 2.70 bits per heavy atom. The first kappa shape index (κ1) is 12.6. The lowest BCUT2D eigenvalue weighted by molar-refractivity contribution is -0.137. The zero-order valence-electron chi connectivity index (χ0n) is 11.1. The van der Waals surface area contributed by atoms with Crippen molar-refractivity contribution < 1.29 is 24.2 Å². The third kappa shape index (κ3) is 1.82. The molecule has 0 unspecified atom stereocenters. The van der Waals surface area contributed by atoms with Crippen LogP contribution in [0.1, 0.15) is 13.8 Å². The predicted octanol–water partition coefficient (Wildman–Crippen LogP) is 1.04. The molecule has 1 aromatic carbocycles. The van der Waals surface area contributed by atoms with Crippen LogP contribution in [0.4, 0.5) is 11.4 Å². The maximum atomic E-state index is 12.4. The molecule has 0 aromatic heterocycles. The fraction of sp³-hybridized carbons (Fsp3) is 0.385. The molecule has 2 heterocycles. The van der Waals surface area contributed by atoms with Crippen molar-refractivity contribution in [1.29, 1.82) is 0 Å². The Labute approximate surface area is 115 Å². The van der Waals surface area contributed by atoms with Crippen LogP contribution < -0.4 is 19.7 Å². The summed E-state index contributed by atoms with van der Waals surface area (Å²) >= 11 is 0. The average molecular weight is 278 g/mol. The molecule has 1 aromatic rings. The molecule has 1 amide bonds. The number of carboxylic acid groups (broad SMARTS) is 1. The highest BCUT2D eigenvalue weighted by atomic mass is 16.7. The molecule has 2 aliphatic heterocycles. The van der Waals surface area contributed by atoms with Gasteiger partial charge in [-0.2, -0.15) is 0 Å². The standard InChI is InChI=1S/C13H14N2O5/c1-13(2)12(18)15(5-11(16)17)8-4-10-9(19-6-20-10)3-7(8)14-13/h3-4,14H,5-6H2,1-2H3,(H,16,17). The molecule has 2 aliphatic rings. The number of aliphatic carboxylic acids is 1. The number of ether oxygens (including phenoxy) is 2. The maximum absolute atomic E-state index is 12.4. The van der Waals surface area contributed by atoms with Gasteiger partial charge in [0.15, 0.2) is 11.5 Å². The lowest BCUT2D eigenvalue weighted by Gasteiger charge is -2.39. The monoisotopic (exact) mass is 278 g/mol. The molecule has 0 bridgehead atoms. The fourth-order valence-corrected chi connectivity index (χ4v) is 2.38. The van der Waals surface area contributed by atoms with Gasteiger partial charge in [-0.05, 0) is 13.8 Å². The van der Waals surface area contributed by atoms with Gasteiger partial charge < -0.3 is 19.9 Å². The SMILES string of the molecule is CC1(C)Nc2cc3c(cc2N(CC(=O)O)C1=O)OCO3. The molecule has 0 atom stereocenters. The average Bonchev–Trinajstić information content (AvgIpc) is 2.79. The van der Waals surface area contributed by atoms with Crippen molar-refractivity contribution in [2.24, 2.45) is 0 Å². The van der Waals surface area contributed by atoms with Crippen LogP contribution in [-0.4, -0.2) is 35.9 Å². The number of nitrogens with one attached hydrogen (secondary N) is 1. The lowest BCUT2D eigenvalue weighted by atomic mass is 9.97. The fourth-order valence-electron chi connectivity index (χ4n) is 2.38. The van der Waals surface area contributed by atoms with Crippen molar-refractivity contribution in [2.45, 2.75) is 19.4 Å². The summed E-state index contributed by atoms with van der Waals surface area (Å²) in [6.45, 7) is 3.14. The van der Waals surface area contributed by atoms with E-state index in [1.807, 2.05) is 0 Å². The number of anilines is 2. The maximum Gasteiger partial charge on any atom is 0.323 e. The molecule has 3 rings (SSSR count). The summed E-state index contributed by atoms with van der Waals surface area (Å²) in [7, 11) is 0. The number of carboxylic acids is 1. The van der Waals surface area contributed by atoms with Crippen LogP contribution in [0.5, 0.6) is 11.5 Å². The summed E-state index contributed by atoms with van der Waals surface area (Å²) in [5.74, 6) is -0.281. The zero-order valence-corrected chi connectivity index (χ0v) is 11.1. The summed E-state index contributed by atoms with van der Waals surface area (Å²) in [6, 6.07) is 3.35. The molecular weight excluding hydrogens is 264 g/mol. The molecule has 106 valence electrons. The van der Waals surface area contributed by atoms with Crippen LogP contribution in [0.15, 0.2) is 12.1 Å². The van der Waals surface area contributed by atoms with Crippen molar-refractivity contribution >= 4 is 23.3 Å². The molecule has 0 fully saturated rings. The van der Waals surface area contributed by atoms with Gasteiger partial charge in [0.25, 0.3) is 5.91 Å². The largest absolute Gasteiger partial charge is 0.480 e. The number of rotatable bonds is 2. The second kappa shape index (κ2) is 4.03. The first-order valence-corrected chi connectivity index (χ1v) is 6.14. The van der Waals surface area contributed by atoms with Crippen molar-refractivity contribution in [2.75, 3.05) is 23.6 Å². The zero-order chi connectivity index (χ0) is 14.5. The van der Waals surface area contributed by atoms with E-state index in [4.69, 9.17) is 14.6 Å². The third-order valence-corrected chi connectivity index (χ3v) is 3.30. The topological polar surface area (TPSA) is 88.1 Å². The van der Waals surface area contributed by atoms with Crippen LogP contribution in [0.25, 0.3) is 0 Å². The van der Waals surface area contributed by atoms with Gasteiger partial charge >= 0.3 is 5.97 Å². The number of amides is 1. The number of benzene rings is 1. The highest BCUT2D eigenvalue weighted by Gasteiger charge is 2.40. The first-order valence-electron chi connectivity index (χ1n) is 6.14. The van der Waals surface area contributed by atoms with Crippen molar-refractivity contribution in [1.82, 2.24) is 0 Å². The van der Waals surface area contributed by atoms with Crippen molar-refractivity contribution in [3.05, 3.63) is 12.1 Å². The van der Waals surface area contributed by atoms with E-state index in [0.29, 0.717) is 22.9 Å². The quantitative estimate of drug-likeness (QED) is 0.840. The molecule has 2 N–H and O–H groups in total. The van der Waals surface area contributed by atoms with E-state index in [9.17, 15) is 9.59 Å². The van der Waals surface area contributed by atoms with Gasteiger partial charge in [-0.3, -0.25) is 14.5 Å². The molecule has 20 heavy (non-hydrogen) atoms. The number of hydrogen-bond donors (Lipinski definition) is 2. The van der Waals surface area contributed by atoms with E-state index in [0.717, 1.165) is 0 Å². The van der Waals surface area contributed by atoms with Gasteiger partial charge in [0.1, 0.15) is 12.1 Å². The van der Waals surface area contributed by atoms with E-state index in [2.05, 4.69) is 5.32 Å². The predicted molar refractivity (Wildman–Crippen MR) is 70.3 cm³/mol. The van der Waals surface area contributed by atoms with Crippen molar-refractivity contribution in [3.8, 4) is 11.5 Å². The summed E-state index contributed by atoms with van der Waals surface area (Å²) in [5, 5.41) is 12.1. The Morgan fingerprint density at radius 2 is 2.05 bits per heavy atom. The molecule has 0 spiro atoms. The van der Waals surface area contributed by atoms with Gasteiger partial charge in [0.2, 0.25) is 6.79 Å². The third-order valence-electron chi connectivity index (χ3n) is 3.30. The van der Waals surface area contributed by atoms with Crippen LogP contribution >= 0.6 is 0 Å². The van der Waals surface area contributed by atoms with Crippen LogP contribution in [0.3, 0.4) is 0 Å². The van der Waals surface area contributed by atoms with Gasteiger partial charge in [-0.1, -0.05) is 0 Å².